The number of nitrogens with one attached hydrogen (secondary N) is 1. The third kappa shape index (κ3) is 4.70. The number of rotatable bonds is 5. The van der Waals surface area contributed by atoms with Gasteiger partial charge in [-0.3, -0.25) is 9.69 Å². The Hall–Kier alpha value is -1.30. The number of amides is 1. The predicted octanol–water partition coefficient (Wildman–Crippen LogP) is 0.918. The smallest absolute Gasteiger partial charge is 0.407 e. The zero-order valence-electron chi connectivity index (χ0n) is 11.3. The van der Waals surface area contributed by atoms with Gasteiger partial charge in [-0.05, 0) is 24.7 Å². The summed E-state index contributed by atoms with van der Waals surface area (Å²) in [5.74, 6) is 0.472. The summed E-state index contributed by atoms with van der Waals surface area (Å²) in [5, 5.41) is 11.7. The van der Waals surface area contributed by atoms with Gasteiger partial charge in [0.2, 0.25) is 0 Å². The van der Waals surface area contributed by atoms with Gasteiger partial charge < -0.3 is 15.2 Å². The fourth-order valence-electron chi connectivity index (χ4n) is 2.95. The Morgan fingerprint density at radius 3 is 2.63 bits per heavy atom. The third-order valence-corrected chi connectivity index (χ3v) is 3.84. The van der Waals surface area contributed by atoms with Crippen molar-refractivity contribution in [2.75, 3.05) is 26.7 Å². The second-order valence-electron chi connectivity index (χ2n) is 5.70. The lowest BCUT2D eigenvalue weighted by atomic mass is 9.90. The molecule has 1 amide bonds. The van der Waals surface area contributed by atoms with Crippen molar-refractivity contribution in [3.8, 4) is 0 Å². The van der Waals surface area contributed by atoms with Crippen molar-refractivity contribution in [3.63, 3.8) is 0 Å². The van der Waals surface area contributed by atoms with Crippen LogP contribution in [0.3, 0.4) is 0 Å². The Labute approximate surface area is 113 Å². The lowest BCUT2D eigenvalue weighted by molar-refractivity contribution is -0.138. The maximum atomic E-state index is 11.3. The van der Waals surface area contributed by atoms with Gasteiger partial charge in [0, 0.05) is 19.1 Å². The molecule has 0 bridgehead atoms. The van der Waals surface area contributed by atoms with E-state index in [-0.39, 0.29) is 12.6 Å². The topological polar surface area (TPSA) is 78.9 Å². The van der Waals surface area contributed by atoms with E-state index in [2.05, 4.69) is 10.1 Å². The molecule has 2 fully saturated rings. The highest BCUT2D eigenvalue weighted by Gasteiger charge is 2.33. The minimum Gasteiger partial charge on any atom is -0.480 e. The Morgan fingerprint density at radius 2 is 2.05 bits per heavy atom. The largest absolute Gasteiger partial charge is 0.480 e. The van der Waals surface area contributed by atoms with E-state index >= 15 is 0 Å². The molecule has 2 atom stereocenters. The van der Waals surface area contributed by atoms with Crippen LogP contribution in [0.5, 0.6) is 0 Å². The Kier molecular flexibility index (Phi) is 4.63. The standard InChI is InChI=1S/C13H22N2O4/c1-19-13(18)14-11-5-10(4-9-2-3-9)6-15(7-11)8-12(16)17/h9-11H,2-8H2,1H3,(H,14,18)(H,16,17). The summed E-state index contributed by atoms with van der Waals surface area (Å²) in [5.41, 5.74) is 0. The van der Waals surface area contributed by atoms with E-state index in [1.807, 2.05) is 4.90 Å². The van der Waals surface area contributed by atoms with Crippen LogP contribution in [-0.2, 0) is 9.53 Å². The molecule has 0 aromatic heterocycles. The Bertz CT molecular complexity index is 344. The average Bonchev–Trinajstić information content (AvgIpc) is 3.11. The second kappa shape index (κ2) is 6.23. The zero-order chi connectivity index (χ0) is 13.8. The monoisotopic (exact) mass is 270 g/mol. The molecule has 19 heavy (non-hydrogen) atoms. The number of likely N-dealkylation sites (tertiary alicyclic amines) is 1. The van der Waals surface area contributed by atoms with E-state index in [1.54, 1.807) is 0 Å². The highest BCUT2D eigenvalue weighted by Crippen LogP contribution is 2.37. The van der Waals surface area contributed by atoms with Crippen LogP contribution < -0.4 is 5.32 Å². The summed E-state index contributed by atoms with van der Waals surface area (Å²) in [6.45, 7) is 1.45. The van der Waals surface area contributed by atoms with Gasteiger partial charge in [0.15, 0.2) is 0 Å². The highest BCUT2D eigenvalue weighted by atomic mass is 16.5. The molecule has 1 aliphatic carbocycles. The molecule has 0 aromatic rings. The summed E-state index contributed by atoms with van der Waals surface area (Å²) in [6, 6.07) is -0.00991. The van der Waals surface area contributed by atoms with Crippen molar-refractivity contribution >= 4 is 12.1 Å². The van der Waals surface area contributed by atoms with Crippen molar-refractivity contribution in [3.05, 3.63) is 0 Å². The number of ether oxygens (including phenoxy) is 1. The van der Waals surface area contributed by atoms with E-state index < -0.39 is 12.1 Å². The van der Waals surface area contributed by atoms with Crippen LogP contribution in [-0.4, -0.2) is 54.9 Å². The number of piperidine rings is 1. The van der Waals surface area contributed by atoms with E-state index in [4.69, 9.17) is 5.11 Å². The molecule has 108 valence electrons. The lowest BCUT2D eigenvalue weighted by Crippen LogP contribution is -2.52. The molecule has 1 saturated carbocycles. The van der Waals surface area contributed by atoms with Crippen LogP contribution in [0.15, 0.2) is 0 Å². The minimum atomic E-state index is -0.816. The average molecular weight is 270 g/mol. The molecule has 1 heterocycles. The van der Waals surface area contributed by atoms with Crippen LogP contribution >= 0.6 is 0 Å². The number of hydrogen-bond acceptors (Lipinski definition) is 4. The van der Waals surface area contributed by atoms with Gasteiger partial charge in [-0.15, -0.1) is 0 Å². The van der Waals surface area contributed by atoms with Gasteiger partial charge in [-0.2, -0.15) is 0 Å². The number of carboxylic acid groups (broad SMARTS) is 1. The van der Waals surface area contributed by atoms with Gasteiger partial charge in [0.1, 0.15) is 0 Å². The van der Waals surface area contributed by atoms with Gasteiger partial charge in [0.25, 0.3) is 0 Å². The van der Waals surface area contributed by atoms with Gasteiger partial charge >= 0.3 is 12.1 Å². The first-order chi connectivity index (χ1) is 9.06. The first kappa shape index (κ1) is 14.1. The summed E-state index contributed by atoms with van der Waals surface area (Å²) in [6.07, 6.45) is 4.22. The van der Waals surface area contributed by atoms with E-state index in [1.165, 1.54) is 20.0 Å². The Balaban J connectivity index is 1.89. The van der Waals surface area contributed by atoms with Crippen molar-refractivity contribution in [2.45, 2.75) is 31.7 Å². The van der Waals surface area contributed by atoms with E-state index in [0.717, 1.165) is 25.3 Å². The quantitative estimate of drug-likeness (QED) is 0.776. The van der Waals surface area contributed by atoms with Gasteiger partial charge in [0.05, 0.1) is 13.7 Å². The minimum absolute atomic E-state index is 0.00991. The molecule has 0 spiro atoms. The first-order valence-corrected chi connectivity index (χ1v) is 6.85. The summed E-state index contributed by atoms with van der Waals surface area (Å²) >= 11 is 0. The van der Waals surface area contributed by atoms with Gasteiger partial charge in [-0.25, -0.2) is 4.79 Å². The molecule has 0 radical (unpaired) electrons. The summed E-state index contributed by atoms with van der Waals surface area (Å²) in [7, 11) is 1.34. The normalized spacial score (nSPS) is 27.8. The van der Waals surface area contributed by atoms with Crippen LogP contribution in [0.2, 0.25) is 0 Å². The van der Waals surface area contributed by atoms with Crippen LogP contribution in [0.1, 0.15) is 25.7 Å². The molecular weight excluding hydrogens is 248 g/mol. The Morgan fingerprint density at radius 1 is 1.32 bits per heavy atom. The van der Waals surface area contributed by atoms with E-state index in [0.29, 0.717) is 12.5 Å². The predicted molar refractivity (Wildman–Crippen MR) is 68.9 cm³/mol. The first-order valence-electron chi connectivity index (χ1n) is 6.85. The molecule has 1 saturated heterocycles. The molecule has 2 unspecified atom stereocenters. The SMILES string of the molecule is COC(=O)NC1CC(CC2CC2)CN(CC(=O)O)C1. The number of aliphatic carboxylic acids is 1. The molecule has 2 N–H and O–H groups in total. The van der Waals surface area contributed by atoms with Crippen molar-refractivity contribution < 1.29 is 19.4 Å². The van der Waals surface area contributed by atoms with Crippen molar-refractivity contribution in [2.24, 2.45) is 11.8 Å². The number of nitrogens with zero attached hydrogens (tertiary/aromatic N) is 1. The molecule has 0 aromatic carbocycles. The van der Waals surface area contributed by atoms with Crippen molar-refractivity contribution in [1.29, 1.82) is 0 Å². The number of carbonyl (C=O) groups is 2. The number of alkyl carbamates (subject to hydrolysis) is 1. The lowest BCUT2D eigenvalue weighted by Gasteiger charge is -2.37. The molecule has 6 nitrogen and oxygen atoms in total. The summed E-state index contributed by atoms with van der Waals surface area (Å²) in [4.78, 5) is 24.0. The van der Waals surface area contributed by atoms with Crippen LogP contribution in [0, 0.1) is 11.8 Å². The number of carbonyl (C=O) groups excluding carboxylic acids is 1. The maximum Gasteiger partial charge on any atom is 0.407 e. The molecule has 6 heteroatoms. The number of carboxylic acids is 1. The van der Waals surface area contributed by atoms with Gasteiger partial charge in [-0.1, -0.05) is 12.8 Å². The molecular formula is C13H22N2O4. The second-order valence-corrected chi connectivity index (χ2v) is 5.70. The van der Waals surface area contributed by atoms with E-state index in [9.17, 15) is 9.59 Å². The molecule has 2 aliphatic rings. The van der Waals surface area contributed by atoms with Crippen LogP contribution in [0.4, 0.5) is 4.79 Å². The van der Waals surface area contributed by atoms with Crippen molar-refractivity contribution in [1.82, 2.24) is 10.2 Å². The fraction of sp³-hybridized carbons (Fsp3) is 0.846. The summed E-state index contributed by atoms with van der Waals surface area (Å²) < 4.78 is 4.61. The third-order valence-electron chi connectivity index (χ3n) is 3.84. The highest BCUT2D eigenvalue weighted by molar-refractivity contribution is 5.69. The maximum absolute atomic E-state index is 11.3. The zero-order valence-corrected chi connectivity index (χ0v) is 11.3. The number of hydrogen-bond donors (Lipinski definition) is 2. The molecule has 1 aliphatic heterocycles. The molecule has 2 rings (SSSR count). The number of methoxy groups -OCH3 is 1. The fourth-order valence-corrected chi connectivity index (χ4v) is 2.95. The van der Waals surface area contributed by atoms with Crippen LogP contribution in [0.25, 0.3) is 0 Å².